The van der Waals surface area contributed by atoms with Crippen molar-refractivity contribution in [2.45, 2.75) is 33.2 Å². The number of aryl methyl sites for hydroxylation is 2. The van der Waals surface area contributed by atoms with Crippen molar-refractivity contribution in [3.8, 4) is 0 Å². The second-order valence-corrected chi connectivity index (χ2v) is 8.87. The Bertz CT molecular complexity index is 852. The fraction of sp³-hybridized carbons (Fsp3) is 0.524. The summed E-state index contributed by atoms with van der Waals surface area (Å²) < 4.78 is 11.1. The highest BCUT2D eigenvalue weighted by atomic mass is 32.1. The summed E-state index contributed by atoms with van der Waals surface area (Å²) in [4.78, 5) is 29.2. The number of nitrogens with one attached hydrogen (secondary N) is 1. The maximum absolute atomic E-state index is 13.1. The minimum atomic E-state index is -0.214. The number of likely N-dealkylation sites (tertiary alicyclic amines) is 1. The van der Waals surface area contributed by atoms with Gasteiger partial charge >= 0.3 is 0 Å². The number of rotatable bonds is 4. The number of hydrogen-bond acceptors (Lipinski definition) is 5. The molecule has 1 atom stereocenters. The van der Waals surface area contributed by atoms with Crippen LogP contribution in [0.3, 0.4) is 0 Å². The molecule has 0 saturated carbocycles. The minimum absolute atomic E-state index is 0.0331. The van der Waals surface area contributed by atoms with Crippen molar-refractivity contribution in [2.75, 3.05) is 26.3 Å². The standard InChI is InChI=1S/C21H26N2O4S/c1-14-10-17(15(2)27-14)20(25)23-12-18(21(13-23)5-7-26-8-6-21)19(24)22-11-16-4-3-9-28-16/h3-4,9-10,18H,5-8,11-13H2,1-2H3,(H,22,24). The third-order valence-corrected chi connectivity index (χ3v) is 6.90. The van der Waals surface area contributed by atoms with Crippen molar-refractivity contribution in [1.29, 1.82) is 0 Å². The van der Waals surface area contributed by atoms with Crippen molar-refractivity contribution in [2.24, 2.45) is 11.3 Å². The van der Waals surface area contributed by atoms with E-state index in [9.17, 15) is 9.59 Å². The summed E-state index contributed by atoms with van der Waals surface area (Å²) in [5, 5.41) is 5.09. The van der Waals surface area contributed by atoms with Gasteiger partial charge in [-0.05, 0) is 44.2 Å². The molecule has 4 heterocycles. The van der Waals surface area contributed by atoms with Gasteiger partial charge in [0.05, 0.1) is 18.0 Å². The monoisotopic (exact) mass is 402 g/mol. The summed E-state index contributed by atoms with van der Waals surface area (Å²) >= 11 is 1.63. The van der Waals surface area contributed by atoms with E-state index in [-0.39, 0.29) is 23.1 Å². The van der Waals surface area contributed by atoms with Gasteiger partial charge in [-0.1, -0.05) is 6.07 Å². The van der Waals surface area contributed by atoms with Gasteiger partial charge in [-0.25, -0.2) is 0 Å². The molecule has 6 nitrogen and oxygen atoms in total. The topological polar surface area (TPSA) is 71.8 Å². The lowest BCUT2D eigenvalue weighted by atomic mass is 9.72. The Hall–Kier alpha value is -2.12. The second kappa shape index (κ2) is 7.72. The van der Waals surface area contributed by atoms with Crippen LogP contribution in [0.4, 0.5) is 0 Å². The molecule has 1 N–H and O–H groups in total. The average Bonchev–Trinajstić information content (AvgIpc) is 3.40. The number of hydrogen-bond donors (Lipinski definition) is 1. The van der Waals surface area contributed by atoms with Gasteiger partial charge in [-0.2, -0.15) is 0 Å². The normalized spacial score (nSPS) is 21.2. The molecule has 7 heteroatoms. The van der Waals surface area contributed by atoms with Gasteiger partial charge < -0.3 is 19.4 Å². The molecule has 0 aliphatic carbocycles. The molecule has 2 saturated heterocycles. The molecule has 2 aromatic heterocycles. The first kappa shape index (κ1) is 19.2. The maximum Gasteiger partial charge on any atom is 0.257 e. The molecule has 28 heavy (non-hydrogen) atoms. The van der Waals surface area contributed by atoms with Crippen LogP contribution in [0.1, 0.15) is 39.6 Å². The Morgan fingerprint density at radius 3 is 2.75 bits per heavy atom. The zero-order valence-electron chi connectivity index (χ0n) is 16.3. The van der Waals surface area contributed by atoms with Crippen LogP contribution >= 0.6 is 11.3 Å². The summed E-state index contributed by atoms with van der Waals surface area (Å²) in [6.07, 6.45) is 1.61. The summed E-state index contributed by atoms with van der Waals surface area (Å²) in [7, 11) is 0. The Morgan fingerprint density at radius 2 is 2.11 bits per heavy atom. The van der Waals surface area contributed by atoms with Gasteiger partial charge in [-0.15, -0.1) is 11.3 Å². The van der Waals surface area contributed by atoms with Crippen LogP contribution in [0.2, 0.25) is 0 Å². The van der Waals surface area contributed by atoms with Crippen molar-refractivity contribution in [3.63, 3.8) is 0 Å². The summed E-state index contributed by atoms with van der Waals surface area (Å²) in [6.45, 7) is 6.50. The molecule has 1 unspecified atom stereocenters. The van der Waals surface area contributed by atoms with Crippen molar-refractivity contribution in [1.82, 2.24) is 10.2 Å². The van der Waals surface area contributed by atoms with Crippen LogP contribution in [0.25, 0.3) is 0 Å². The number of furan rings is 1. The van der Waals surface area contributed by atoms with Gasteiger partial charge in [0.2, 0.25) is 5.91 Å². The number of carbonyl (C=O) groups excluding carboxylic acids is 2. The summed E-state index contributed by atoms with van der Waals surface area (Å²) in [6, 6.07) is 5.79. The summed E-state index contributed by atoms with van der Waals surface area (Å²) in [5.41, 5.74) is 0.388. The number of amides is 2. The lowest BCUT2D eigenvalue weighted by molar-refractivity contribution is -0.130. The predicted molar refractivity (Wildman–Crippen MR) is 106 cm³/mol. The molecule has 2 fully saturated rings. The fourth-order valence-electron chi connectivity index (χ4n) is 4.49. The highest BCUT2D eigenvalue weighted by Crippen LogP contribution is 2.45. The molecule has 0 bridgehead atoms. The lowest BCUT2D eigenvalue weighted by Crippen LogP contribution is -2.44. The number of carbonyl (C=O) groups is 2. The lowest BCUT2D eigenvalue weighted by Gasteiger charge is -2.37. The molecule has 2 aliphatic heterocycles. The molecule has 2 aliphatic rings. The largest absolute Gasteiger partial charge is 0.466 e. The first-order valence-corrected chi connectivity index (χ1v) is 10.6. The molecule has 1 spiro atoms. The summed E-state index contributed by atoms with van der Waals surface area (Å²) in [5.74, 6) is 1.13. The van der Waals surface area contributed by atoms with Crippen LogP contribution in [0, 0.1) is 25.2 Å². The Labute approximate surface area is 168 Å². The number of ether oxygens (including phenoxy) is 1. The highest BCUT2D eigenvalue weighted by molar-refractivity contribution is 7.09. The third-order valence-electron chi connectivity index (χ3n) is 6.03. The molecular formula is C21H26N2O4S. The van der Waals surface area contributed by atoms with Crippen LogP contribution in [0.5, 0.6) is 0 Å². The molecule has 150 valence electrons. The first-order valence-electron chi connectivity index (χ1n) is 9.73. The van der Waals surface area contributed by atoms with Crippen LogP contribution in [-0.4, -0.2) is 43.0 Å². The predicted octanol–water partition coefficient (Wildman–Crippen LogP) is 3.14. The SMILES string of the molecule is Cc1cc(C(=O)N2CC(C(=O)NCc3cccs3)C3(CCOCC3)C2)c(C)o1. The highest BCUT2D eigenvalue weighted by Gasteiger charge is 2.52. The van der Waals surface area contributed by atoms with Gasteiger partial charge in [-0.3, -0.25) is 9.59 Å². The molecule has 0 radical (unpaired) electrons. The zero-order chi connectivity index (χ0) is 19.7. The third kappa shape index (κ3) is 3.61. The van der Waals surface area contributed by atoms with Crippen molar-refractivity contribution in [3.05, 3.63) is 45.5 Å². The van der Waals surface area contributed by atoms with E-state index in [1.165, 1.54) is 0 Å². The van der Waals surface area contributed by atoms with E-state index in [0.717, 1.165) is 23.5 Å². The van der Waals surface area contributed by atoms with E-state index in [2.05, 4.69) is 5.32 Å². The van der Waals surface area contributed by atoms with E-state index >= 15 is 0 Å². The van der Waals surface area contributed by atoms with E-state index in [0.29, 0.717) is 44.2 Å². The van der Waals surface area contributed by atoms with Gasteiger partial charge in [0, 0.05) is 36.6 Å². The van der Waals surface area contributed by atoms with Gasteiger partial charge in [0.15, 0.2) is 0 Å². The van der Waals surface area contributed by atoms with Crippen molar-refractivity contribution >= 4 is 23.2 Å². The zero-order valence-corrected chi connectivity index (χ0v) is 17.1. The number of thiophene rings is 1. The number of nitrogens with zero attached hydrogens (tertiary/aromatic N) is 1. The van der Waals surface area contributed by atoms with E-state index in [1.54, 1.807) is 17.4 Å². The van der Waals surface area contributed by atoms with Crippen LogP contribution in [0.15, 0.2) is 28.0 Å². The molecule has 0 aromatic carbocycles. The van der Waals surface area contributed by atoms with Gasteiger partial charge in [0.25, 0.3) is 5.91 Å². The fourth-order valence-corrected chi connectivity index (χ4v) is 5.14. The van der Waals surface area contributed by atoms with Crippen molar-refractivity contribution < 1.29 is 18.7 Å². The van der Waals surface area contributed by atoms with Gasteiger partial charge in [0.1, 0.15) is 11.5 Å². The van der Waals surface area contributed by atoms with E-state index in [4.69, 9.17) is 9.15 Å². The average molecular weight is 403 g/mol. The Balaban J connectivity index is 1.53. The smallest absolute Gasteiger partial charge is 0.257 e. The van der Waals surface area contributed by atoms with Crippen LogP contribution < -0.4 is 5.32 Å². The minimum Gasteiger partial charge on any atom is -0.466 e. The first-order chi connectivity index (χ1) is 13.5. The molecule has 2 aromatic rings. The van der Waals surface area contributed by atoms with E-state index in [1.807, 2.05) is 36.3 Å². The molecule has 4 rings (SSSR count). The molecular weight excluding hydrogens is 376 g/mol. The molecule has 2 amide bonds. The quantitative estimate of drug-likeness (QED) is 0.853. The Kier molecular flexibility index (Phi) is 5.29. The van der Waals surface area contributed by atoms with E-state index < -0.39 is 0 Å². The van der Waals surface area contributed by atoms with Crippen LogP contribution in [-0.2, 0) is 16.1 Å². The second-order valence-electron chi connectivity index (χ2n) is 7.84. The maximum atomic E-state index is 13.1. The Morgan fingerprint density at radius 1 is 1.32 bits per heavy atom.